The number of hydrogen-bond acceptors (Lipinski definition) is 12. The van der Waals surface area contributed by atoms with Crippen molar-refractivity contribution >= 4 is 35.4 Å². The van der Waals surface area contributed by atoms with Crippen LogP contribution in [0.3, 0.4) is 0 Å². The second-order valence-corrected chi connectivity index (χ2v) is 17.7. The predicted octanol–water partition coefficient (Wildman–Crippen LogP) is 6.28. The van der Waals surface area contributed by atoms with Crippen LogP contribution in [0.25, 0.3) is 0 Å². The Morgan fingerprint density at radius 2 is 1.28 bits per heavy atom. The first kappa shape index (κ1) is 51.8. The van der Waals surface area contributed by atoms with E-state index in [0.717, 1.165) is 56.0 Å². The van der Waals surface area contributed by atoms with E-state index in [4.69, 9.17) is 10.5 Å². The summed E-state index contributed by atoms with van der Waals surface area (Å²) in [5.41, 5.74) is 6.32. The number of rotatable bonds is 34. The van der Waals surface area contributed by atoms with Gasteiger partial charge in [-0.25, -0.2) is 4.68 Å². The summed E-state index contributed by atoms with van der Waals surface area (Å²) >= 11 is 1.33. The maximum Gasteiger partial charge on any atom is 0.307 e. The first-order valence-corrected chi connectivity index (χ1v) is 23.3. The molecule has 2 heterocycles. The lowest BCUT2D eigenvalue weighted by atomic mass is 9.81. The molecule has 1 saturated heterocycles. The minimum Gasteiger partial charge on any atom is -0.481 e. The number of aliphatic hydroxyl groups excluding tert-OH is 4. The van der Waals surface area contributed by atoms with Gasteiger partial charge in [0.15, 0.2) is 12.0 Å². The highest BCUT2D eigenvalue weighted by atomic mass is 32.2. The average Bonchev–Trinajstić information content (AvgIpc) is 3.66. The van der Waals surface area contributed by atoms with Crippen LogP contribution in [0.1, 0.15) is 168 Å². The van der Waals surface area contributed by atoms with Crippen molar-refractivity contribution in [1.82, 2.24) is 15.0 Å². The Hall–Kier alpha value is -2.34. The van der Waals surface area contributed by atoms with Crippen LogP contribution in [-0.4, -0.2) is 112 Å². The Balaban J connectivity index is 2.03. The van der Waals surface area contributed by atoms with Gasteiger partial charge in [-0.2, -0.15) is 11.8 Å². The van der Waals surface area contributed by atoms with Gasteiger partial charge in [0.2, 0.25) is 5.91 Å². The largest absolute Gasteiger partial charge is 0.481 e. The van der Waals surface area contributed by atoms with Crippen molar-refractivity contribution in [3.63, 3.8) is 0 Å². The normalized spacial score (nSPS) is 22.2. The van der Waals surface area contributed by atoms with Crippen LogP contribution >= 0.6 is 11.8 Å². The molecule has 6 unspecified atom stereocenters. The Morgan fingerprint density at radius 3 is 1.78 bits per heavy atom. The maximum atomic E-state index is 13.2. The molecule has 0 aromatic carbocycles. The predicted molar refractivity (Wildman–Crippen MR) is 226 cm³/mol. The zero-order chi connectivity index (χ0) is 42.9. The summed E-state index contributed by atoms with van der Waals surface area (Å²) in [4.78, 5) is 38.5. The molecule has 1 amide bonds. The second-order valence-electron chi connectivity index (χ2n) is 16.5. The topological polar surface area (TPSA) is 251 Å². The van der Waals surface area contributed by atoms with E-state index in [2.05, 4.69) is 29.5 Å². The third kappa shape index (κ3) is 18.9. The molecule has 10 atom stereocenters. The summed E-state index contributed by atoms with van der Waals surface area (Å²) in [5, 5.41) is 70.8. The van der Waals surface area contributed by atoms with E-state index in [1.165, 1.54) is 88.6 Å². The number of carboxylic acids is 2. The van der Waals surface area contributed by atoms with Crippen LogP contribution in [-0.2, 0) is 19.1 Å². The number of thioether (sulfide) groups is 1. The van der Waals surface area contributed by atoms with E-state index in [-0.39, 0.29) is 29.2 Å². The molecule has 0 saturated carbocycles. The zero-order valence-corrected chi connectivity index (χ0v) is 36.3. The molecule has 336 valence electrons. The second kappa shape index (κ2) is 29.8. The summed E-state index contributed by atoms with van der Waals surface area (Å²) in [5.74, 6) is -4.20. The molecule has 0 bridgehead atoms. The molecule has 0 aliphatic carbocycles. The fourth-order valence-corrected chi connectivity index (χ4v) is 9.22. The van der Waals surface area contributed by atoms with Crippen LogP contribution in [0.5, 0.6) is 0 Å². The fraction of sp³-hybridized carbons (Fsp3) is 0.881. The highest BCUT2D eigenvalue weighted by Gasteiger charge is 2.45. The quantitative estimate of drug-likeness (QED) is 0.0356. The first-order chi connectivity index (χ1) is 27.9. The highest BCUT2D eigenvalue weighted by Crippen LogP contribution is 2.35. The van der Waals surface area contributed by atoms with Crippen molar-refractivity contribution in [3.8, 4) is 0 Å². The number of aromatic nitrogens is 3. The SMILES string of the molecule is CCCCCCCCCCCC[C@@H](C(=O)O)C(C)C[C@H](C(=O)O)C(CCCCCCCCCCC)SC[C@@H](N)C(=O)Nc1cn([C@H]2OC(CO)C(O)C(O)C2O)nn1. The third-order valence-electron chi connectivity index (χ3n) is 11.6. The molecular weight excluding hydrogens is 767 g/mol. The monoisotopic (exact) mass is 844 g/mol. The number of nitrogens with one attached hydrogen (secondary N) is 1. The van der Waals surface area contributed by atoms with Crippen molar-refractivity contribution in [2.24, 2.45) is 23.5 Å². The van der Waals surface area contributed by atoms with Crippen molar-refractivity contribution in [2.75, 3.05) is 17.7 Å². The fourth-order valence-electron chi connectivity index (χ4n) is 7.82. The summed E-state index contributed by atoms with van der Waals surface area (Å²) < 4.78 is 6.55. The Morgan fingerprint density at radius 1 is 0.776 bits per heavy atom. The van der Waals surface area contributed by atoms with Crippen molar-refractivity contribution < 1.29 is 49.8 Å². The molecule has 1 aliphatic heterocycles. The number of nitrogens with two attached hydrogens (primary N) is 1. The van der Waals surface area contributed by atoms with Gasteiger partial charge < -0.3 is 46.4 Å². The van der Waals surface area contributed by atoms with E-state index in [1.807, 2.05) is 6.92 Å². The lowest BCUT2D eigenvalue weighted by Crippen LogP contribution is -2.56. The molecule has 0 spiro atoms. The maximum absolute atomic E-state index is 13.2. The molecule has 1 aromatic heterocycles. The molecule has 1 aromatic rings. The van der Waals surface area contributed by atoms with E-state index in [1.54, 1.807) is 0 Å². The van der Waals surface area contributed by atoms with Gasteiger partial charge in [0.25, 0.3) is 0 Å². The molecular formula is C42H77N5O10S. The van der Waals surface area contributed by atoms with Crippen LogP contribution in [0.4, 0.5) is 5.82 Å². The molecule has 58 heavy (non-hydrogen) atoms. The lowest BCUT2D eigenvalue weighted by Gasteiger charge is -2.39. The highest BCUT2D eigenvalue weighted by molar-refractivity contribution is 8.00. The molecule has 15 nitrogen and oxygen atoms in total. The Kier molecular flexibility index (Phi) is 26.6. The van der Waals surface area contributed by atoms with E-state index in [9.17, 15) is 45.0 Å². The molecule has 1 aliphatic rings. The molecule has 1 fully saturated rings. The number of nitrogens with zero attached hydrogens (tertiary/aromatic N) is 3. The van der Waals surface area contributed by atoms with Gasteiger partial charge >= 0.3 is 11.9 Å². The number of carboxylic acid groups (broad SMARTS) is 2. The molecule has 0 radical (unpaired) electrons. The molecule has 16 heteroatoms. The van der Waals surface area contributed by atoms with E-state index in [0.29, 0.717) is 12.8 Å². The van der Waals surface area contributed by atoms with Crippen molar-refractivity contribution in [1.29, 1.82) is 0 Å². The van der Waals surface area contributed by atoms with Gasteiger partial charge in [-0.15, -0.1) is 5.10 Å². The number of carbonyl (C=O) groups is 3. The minimum absolute atomic E-state index is 0.0204. The van der Waals surface area contributed by atoms with Crippen molar-refractivity contribution in [2.45, 2.75) is 204 Å². The number of anilines is 1. The standard InChI is InChI=1S/C42H77N5O10S/c1-4-6-8-10-12-14-16-17-19-21-23-30(41(53)54)29(3)25-31(42(55)56)34(24-22-20-18-15-13-11-9-7-5-2)58-28-32(43)39(52)44-35-26-47(46-45-35)40-38(51)37(50)36(49)33(27-48)57-40/h26,29-34,36-38,40,48-51H,4-25,27-28,43H2,1-3H3,(H,44,52)(H,53,54)(H,55,56)/t29?,30-,31+,32-,33?,34?,36?,37?,38?,40+/m1/s1. The minimum atomic E-state index is -1.62. The average molecular weight is 844 g/mol. The van der Waals surface area contributed by atoms with Gasteiger partial charge in [0.05, 0.1) is 30.7 Å². The molecule has 9 N–H and O–H groups in total. The lowest BCUT2D eigenvalue weighted by molar-refractivity contribution is -0.254. The Labute approximate surface area is 350 Å². The number of hydrogen-bond donors (Lipinski definition) is 8. The van der Waals surface area contributed by atoms with Crippen LogP contribution in [0, 0.1) is 17.8 Å². The van der Waals surface area contributed by atoms with Crippen LogP contribution in [0.2, 0.25) is 0 Å². The first-order valence-electron chi connectivity index (χ1n) is 22.2. The number of amides is 1. The zero-order valence-electron chi connectivity index (χ0n) is 35.5. The number of ether oxygens (including phenoxy) is 1. The van der Waals surface area contributed by atoms with E-state index < -0.39 is 73.0 Å². The summed E-state index contributed by atoms with van der Waals surface area (Å²) in [6.07, 6.45) is 17.0. The van der Waals surface area contributed by atoms with Gasteiger partial charge in [-0.3, -0.25) is 14.4 Å². The van der Waals surface area contributed by atoms with Gasteiger partial charge in [0, 0.05) is 11.0 Å². The third-order valence-corrected chi connectivity index (χ3v) is 13.1. The molecule has 2 rings (SSSR count). The summed E-state index contributed by atoms with van der Waals surface area (Å²) in [7, 11) is 0. The van der Waals surface area contributed by atoms with Crippen LogP contribution < -0.4 is 11.1 Å². The van der Waals surface area contributed by atoms with Gasteiger partial charge in [0.1, 0.15) is 24.4 Å². The summed E-state index contributed by atoms with van der Waals surface area (Å²) in [6, 6.07) is -1.05. The van der Waals surface area contributed by atoms with E-state index >= 15 is 0 Å². The smallest absolute Gasteiger partial charge is 0.307 e. The number of aliphatic hydroxyl groups is 4. The van der Waals surface area contributed by atoms with Crippen molar-refractivity contribution in [3.05, 3.63) is 6.20 Å². The number of aliphatic carboxylic acids is 2. The number of unbranched alkanes of at least 4 members (excludes halogenated alkanes) is 17. The van der Waals surface area contributed by atoms with Crippen LogP contribution in [0.15, 0.2) is 6.20 Å². The summed E-state index contributed by atoms with van der Waals surface area (Å²) in [6.45, 7) is 5.64. The van der Waals surface area contributed by atoms with Gasteiger partial charge in [-0.1, -0.05) is 148 Å². The van der Waals surface area contributed by atoms with Gasteiger partial charge in [-0.05, 0) is 25.2 Å². The Bertz CT molecular complexity index is 1270. The number of carbonyl (C=O) groups excluding carboxylic acids is 1.